The summed E-state index contributed by atoms with van der Waals surface area (Å²) in [5.74, 6) is -0.326. The summed E-state index contributed by atoms with van der Waals surface area (Å²) in [6.45, 7) is 1.02. The van der Waals surface area contributed by atoms with Crippen LogP contribution >= 0.6 is 0 Å². The van der Waals surface area contributed by atoms with Gasteiger partial charge in [-0.25, -0.2) is 0 Å². The Hall–Kier alpha value is -1.35. The van der Waals surface area contributed by atoms with E-state index in [9.17, 15) is 4.79 Å². The number of benzene rings is 1. The number of primary amides is 1. The summed E-state index contributed by atoms with van der Waals surface area (Å²) >= 11 is 0. The first-order chi connectivity index (χ1) is 6.79. The van der Waals surface area contributed by atoms with Crippen LogP contribution in [0, 0.1) is 6.42 Å². The van der Waals surface area contributed by atoms with Crippen LogP contribution < -0.4 is 5.73 Å². The molecule has 3 nitrogen and oxygen atoms in total. The maximum atomic E-state index is 10.4. The van der Waals surface area contributed by atoms with E-state index >= 15 is 0 Å². The fourth-order valence-electron chi connectivity index (χ4n) is 1.04. The quantitative estimate of drug-likeness (QED) is 0.690. The van der Waals surface area contributed by atoms with Crippen LogP contribution in [0.4, 0.5) is 0 Å². The molecule has 0 saturated carbocycles. The van der Waals surface area contributed by atoms with Crippen LogP contribution in [-0.4, -0.2) is 12.5 Å². The van der Waals surface area contributed by atoms with E-state index in [1.807, 2.05) is 30.3 Å². The second-order valence-corrected chi connectivity index (χ2v) is 2.96. The number of hydrogen-bond donors (Lipinski definition) is 1. The fourth-order valence-corrected chi connectivity index (χ4v) is 1.04. The molecule has 0 aliphatic carbocycles. The summed E-state index contributed by atoms with van der Waals surface area (Å²) in [6.07, 6.45) is 2.00. The third kappa shape index (κ3) is 4.62. The smallest absolute Gasteiger partial charge is 0.217 e. The van der Waals surface area contributed by atoms with E-state index < -0.39 is 0 Å². The molecule has 1 rings (SSSR count). The van der Waals surface area contributed by atoms with Crippen LogP contribution in [-0.2, 0) is 16.1 Å². The maximum Gasteiger partial charge on any atom is 0.217 e. The number of hydrogen-bond acceptors (Lipinski definition) is 2. The highest BCUT2D eigenvalue weighted by Gasteiger charge is 1.95. The van der Waals surface area contributed by atoms with Gasteiger partial charge in [-0.1, -0.05) is 30.3 Å². The van der Waals surface area contributed by atoms with Crippen molar-refractivity contribution < 1.29 is 9.53 Å². The average molecular weight is 192 g/mol. The van der Waals surface area contributed by atoms with Crippen molar-refractivity contribution in [1.82, 2.24) is 0 Å². The number of rotatable bonds is 6. The molecule has 1 amide bonds. The average Bonchev–Trinajstić information content (AvgIpc) is 2.18. The topological polar surface area (TPSA) is 52.3 Å². The number of carbonyl (C=O) groups is 1. The minimum Gasteiger partial charge on any atom is -0.376 e. The molecule has 0 aliphatic heterocycles. The van der Waals surface area contributed by atoms with Gasteiger partial charge in [-0.05, 0) is 12.0 Å². The highest BCUT2D eigenvalue weighted by Crippen LogP contribution is 2.00. The summed E-state index contributed by atoms with van der Waals surface area (Å²) in [5, 5.41) is 0. The monoisotopic (exact) mass is 192 g/mol. The van der Waals surface area contributed by atoms with Crippen LogP contribution in [0.25, 0.3) is 0 Å². The van der Waals surface area contributed by atoms with Crippen molar-refractivity contribution in [2.75, 3.05) is 6.61 Å². The van der Waals surface area contributed by atoms with Gasteiger partial charge in [-0.3, -0.25) is 4.79 Å². The molecule has 1 aromatic carbocycles. The second kappa shape index (κ2) is 6.16. The molecule has 0 unspecified atom stereocenters. The first kappa shape index (κ1) is 10.7. The van der Waals surface area contributed by atoms with Crippen LogP contribution in [0.3, 0.4) is 0 Å². The zero-order valence-electron chi connectivity index (χ0n) is 7.98. The van der Waals surface area contributed by atoms with Gasteiger partial charge in [-0.15, -0.1) is 0 Å². The Morgan fingerprint density at radius 1 is 1.36 bits per heavy atom. The molecular formula is C11H14NO2. The highest BCUT2D eigenvalue weighted by atomic mass is 16.5. The number of carbonyl (C=O) groups excluding carboxylic acids is 1. The van der Waals surface area contributed by atoms with Crippen LogP contribution in [0.15, 0.2) is 30.3 Å². The van der Waals surface area contributed by atoms with E-state index in [1.165, 1.54) is 0 Å². The standard InChI is InChI=1S/C11H14NO2/c12-11(13)7-4-8-14-9-10-5-2-1-3-6-10/h1-6H,7-9H2,(H2,12,13). The van der Waals surface area contributed by atoms with Crippen molar-refractivity contribution in [3.05, 3.63) is 42.3 Å². The predicted octanol–water partition coefficient (Wildman–Crippen LogP) is 1.28. The van der Waals surface area contributed by atoms with Crippen molar-refractivity contribution in [2.45, 2.75) is 13.0 Å². The summed E-state index contributed by atoms with van der Waals surface area (Å²) in [7, 11) is 0. The lowest BCUT2D eigenvalue weighted by Crippen LogP contribution is -2.11. The second-order valence-electron chi connectivity index (χ2n) is 2.96. The third-order valence-corrected chi connectivity index (χ3v) is 1.69. The Bertz CT molecular complexity index is 272. The zero-order chi connectivity index (χ0) is 10.2. The molecule has 0 spiro atoms. The van der Waals surface area contributed by atoms with Crippen molar-refractivity contribution in [1.29, 1.82) is 0 Å². The molecule has 0 aliphatic rings. The summed E-state index contributed by atoms with van der Waals surface area (Å²) in [5.41, 5.74) is 6.09. The third-order valence-electron chi connectivity index (χ3n) is 1.69. The first-order valence-corrected chi connectivity index (χ1v) is 4.50. The Morgan fingerprint density at radius 3 is 2.71 bits per heavy atom. The van der Waals surface area contributed by atoms with Crippen molar-refractivity contribution in [3.63, 3.8) is 0 Å². The van der Waals surface area contributed by atoms with E-state index in [0.29, 0.717) is 13.2 Å². The van der Waals surface area contributed by atoms with Crippen LogP contribution in [0.5, 0.6) is 0 Å². The SMILES string of the molecule is NC(=O)C[CH]COCc1ccccc1. The highest BCUT2D eigenvalue weighted by molar-refractivity contribution is 5.74. The van der Waals surface area contributed by atoms with E-state index in [2.05, 4.69) is 0 Å². The maximum absolute atomic E-state index is 10.4. The molecule has 0 bridgehead atoms. The molecule has 14 heavy (non-hydrogen) atoms. The predicted molar refractivity (Wildman–Crippen MR) is 54.2 cm³/mol. The lowest BCUT2D eigenvalue weighted by molar-refractivity contribution is -0.117. The summed E-state index contributed by atoms with van der Waals surface area (Å²) < 4.78 is 5.31. The van der Waals surface area contributed by atoms with E-state index in [-0.39, 0.29) is 12.3 Å². The molecule has 0 heterocycles. The van der Waals surface area contributed by atoms with Gasteiger partial charge in [0.1, 0.15) is 0 Å². The first-order valence-electron chi connectivity index (χ1n) is 4.50. The van der Waals surface area contributed by atoms with Gasteiger partial charge in [0.2, 0.25) is 5.91 Å². The Balaban J connectivity index is 2.08. The van der Waals surface area contributed by atoms with Crippen molar-refractivity contribution in [3.8, 4) is 0 Å². The molecule has 0 aromatic heterocycles. The lowest BCUT2D eigenvalue weighted by Gasteiger charge is -2.02. The van der Waals surface area contributed by atoms with Gasteiger partial charge in [0.15, 0.2) is 0 Å². The molecule has 0 fully saturated rings. The van der Waals surface area contributed by atoms with Gasteiger partial charge in [0.05, 0.1) is 13.2 Å². The molecule has 2 N–H and O–H groups in total. The molecule has 0 atom stereocenters. The van der Waals surface area contributed by atoms with Gasteiger partial charge < -0.3 is 10.5 Å². The van der Waals surface area contributed by atoms with Crippen molar-refractivity contribution >= 4 is 5.91 Å². The number of ether oxygens (including phenoxy) is 1. The van der Waals surface area contributed by atoms with Crippen LogP contribution in [0.1, 0.15) is 12.0 Å². The minimum absolute atomic E-state index is 0.273. The largest absolute Gasteiger partial charge is 0.376 e. The van der Waals surface area contributed by atoms with Gasteiger partial charge in [0, 0.05) is 6.42 Å². The number of amides is 1. The molecule has 75 valence electrons. The summed E-state index contributed by atoms with van der Waals surface area (Å²) in [6, 6.07) is 9.88. The van der Waals surface area contributed by atoms with E-state index in [0.717, 1.165) is 5.56 Å². The lowest BCUT2D eigenvalue weighted by atomic mass is 10.2. The van der Waals surface area contributed by atoms with Crippen LogP contribution in [0.2, 0.25) is 0 Å². The minimum atomic E-state index is -0.326. The van der Waals surface area contributed by atoms with Crippen molar-refractivity contribution in [2.24, 2.45) is 5.73 Å². The zero-order valence-corrected chi connectivity index (χ0v) is 7.98. The normalized spacial score (nSPS) is 10.0. The Morgan fingerprint density at radius 2 is 2.07 bits per heavy atom. The Labute approximate surface area is 83.9 Å². The van der Waals surface area contributed by atoms with Gasteiger partial charge in [-0.2, -0.15) is 0 Å². The molecule has 0 saturated heterocycles. The Kier molecular flexibility index (Phi) is 4.72. The van der Waals surface area contributed by atoms with Gasteiger partial charge in [0.25, 0.3) is 0 Å². The molecule has 1 aromatic rings. The molecular weight excluding hydrogens is 178 g/mol. The van der Waals surface area contributed by atoms with Gasteiger partial charge >= 0.3 is 0 Å². The molecule has 1 radical (unpaired) electrons. The molecule has 3 heteroatoms. The number of nitrogens with two attached hydrogens (primary N) is 1. The fraction of sp³-hybridized carbons (Fsp3) is 0.273. The van der Waals surface area contributed by atoms with E-state index in [1.54, 1.807) is 6.42 Å². The van der Waals surface area contributed by atoms with E-state index in [4.69, 9.17) is 10.5 Å². The summed E-state index contributed by atoms with van der Waals surface area (Å²) in [4.78, 5) is 10.4.